The standard InChI is InChI=1S/C13H20N4/c1-3-10(9-14)8-12-16-11-6-5-7-15-13(11)17(12)4-2/h5-7,10H,3-4,8-9,14H2,1-2H3. The maximum atomic E-state index is 5.76. The number of rotatable bonds is 5. The summed E-state index contributed by atoms with van der Waals surface area (Å²) in [7, 11) is 0. The van der Waals surface area contributed by atoms with Crippen LogP contribution in [0.4, 0.5) is 0 Å². The summed E-state index contributed by atoms with van der Waals surface area (Å²) in [6.07, 6.45) is 3.86. The Labute approximate surface area is 102 Å². The highest BCUT2D eigenvalue weighted by Crippen LogP contribution is 2.17. The van der Waals surface area contributed by atoms with Crippen LogP contribution in [-0.2, 0) is 13.0 Å². The van der Waals surface area contributed by atoms with Crippen molar-refractivity contribution in [2.24, 2.45) is 11.7 Å². The highest BCUT2D eigenvalue weighted by molar-refractivity contribution is 5.71. The first kappa shape index (κ1) is 12.0. The molecule has 2 aromatic heterocycles. The molecular weight excluding hydrogens is 212 g/mol. The van der Waals surface area contributed by atoms with E-state index in [2.05, 4.69) is 28.4 Å². The summed E-state index contributed by atoms with van der Waals surface area (Å²) < 4.78 is 2.19. The second-order valence-electron chi connectivity index (χ2n) is 4.33. The molecule has 0 fully saturated rings. The monoisotopic (exact) mass is 232 g/mol. The first-order valence-corrected chi connectivity index (χ1v) is 6.30. The SMILES string of the molecule is CCC(CN)Cc1nc2cccnc2n1CC. The number of nitrogens with two attached hydrogens (primary N) is 1. The van der Waals surface area contributed by atoms with E-state index in [9.17, 15) is 0 Å². The topological polar surface area (TPSA) is 56.7 Å². The Morgan fingerprint density at radius 2 is 2.24 bits per heavy atom. The Morgan fingerprint density at radius 1 is 1.41 bits per heavy atom. The van der Waals surface area contributed by atoms with E-state index in [0.29, 0.717) is 5.92 Å². The van der Waals surface area contributed by atoms with Gasteiger partial charge in [-0.2, -0.15) is 0 Å². The predicted molar refractivity (Wildman–Crippen MR) is 69.7 cm³/mol. The van der Waals surface area contributed by atoms with E-state index >= 15 is 0 Å². The van der Waals surface area contributed by atoms with Crippen molar-refractivity contribution >= 4 is 11.2 Å². The van der Waals surface area contributed by atoms with Crippen molar-refractivity contribution in [2.75, 3.05) is 6.54 Å². The van der Waals surface area contributed by atoms with Crippen LogP contribution >= 0.6 is 0 Å². The normalized spacial score (nSPS) is 13.1. The Hall–Kier alpha value is -1.42. The van der Waals surface area contributed by atoms with E-state index in [1.54, 1.807) is 0 Å². The summed E-state index contributed by atoms with van der Waals surface area (Å²) in [6, 6.07) is 3.95. The van der Waals surface area contributed by atoms with Gasteiger partial charge >= 0.3 is 0 Å². The molecule has 0 bridgehead atoms. The Bertz CT molecular complexity index is 485. The summed E-state index contributed by atoms with van der Waals surface area (Å²) in [6.45, 7) is 5.93. The second kappa shape index (κ2) is 5.27. The van der Waals surface area contributed by atoms with E-state index in [-0.39, 0.29) is 0 Å². The van der Waals surface area contributed by atoms with Gasteiger partial charge in [-0.25, -0.2) is 9.97 Å². The number of hydrogen-bond acceptors (Lipinski definition) is 3. The number of hydrogen-bond donors (Lipinski definition) is 1. The third-order valence-electron chi connectivity index (χ3n) is 3.28. The summed E-state index contributed by atoms with van der Waals surface area (Å²) in [5.41, 5.74) is 7.73. The quantitative estimate of drug-likeness (QED) is 0.857. The molecule has 2 heterocycles. The lowest BCUT2D eigenvalue weighted by atomic mass is 10.0. The molecule has 0 radical (unpaired) electrons. The van der Waals surface area contributed by atoms with Gasteiger partial charge in [0.2, 0.25) is 0 Å². The number of fused-ring (bicyclic) bond motifs is 1. The van der Waals surface area contributed by atoms with Gasteiger partial charge in [-0.05, 0) is 31.5 Å². The molecule has 4 heteroatoms. The van der Waals surface area contributed by atoms with Crippen LogP contribution in [0.15, 0.2) is 18.3 Å². The van der Waals surface area contributed by atoms with Crippen LogP contribution < -0.4 is 5.73 Å². The predicted octanol–water partition coefficient (Wildman–Crippen LogP) is 1.98. The molecule has 92 valence electrons. The molecule has 0 aliphatic carbocycles. The van der Waals surface area contributed by atoms with E-state index in [1.165, 1.54) is 0 Å². The van der Waals surface area contributed by atoms with Crippen LogP contribution in [0.3, 0.4) is 0 Å². The third kappa shape index (κ3) is 2.31. The van der Waals surface area contributed by atoms with Crippen molar-refractivity contribution in [2.45, 2.75) is 33.2 Å². The lowest BCUT2D eigenvalue weighted by Crippen LogP contribution is -2.18. The molecule has 0 spiro atoms. The first-order chi connectivity index (χ1) is 8.30. The molecule has 17 heavy (non-hydrogen) atoms. The number of aryl methyl sites for hydroxylation is 1. The van der Waals surface area contributed by atoms with Crippen LogP contribution in [0.25, 0.3) is 11.2 Å². The van der Waals surface area contributed by atoms with Gasteiger partial charge in [-0.1, -0.05) is 13.3 Å². The fourth-order valence-corrected chi connectivity index (χ4v) is 2.15. The Kier molecular flexibility index (Phi) is 3.74. The lowest BCUT2D eigenvalue weighted by Gasteiger charge is -2.12. The summed E-state index contributed by atoms with van der Waals surface area (Å²) >= 11 is 0. The zero-order valence-corrected chi connectivity index (χ0v) is 10.6. The van der Waals surface area contributed by atoms with Crippen molar-refractivity contribution in [3.05, 3.63) is 24.2 Å². The zero-order valence-electron chi connectivity index (χ0n) is 10.6. The molecule has 0 saturated carbocycles. The molecule has 1 atom stereocenters. The minimum atomic E-state index is 0.511. The molecule has 2 rings (SSSR count). The van der Waals surface area contributed by atoms with E-state index < -0.39 is 0 Å². The van der Waals surface area contributed by atoms with Gasteiger partial charge in [0.15, 0.2) is 5.65 Å². The Balaban J connectivity index is 2.39. The molecular formula is C13H20N4. The average Bonchev–Trinajstić information content (AvgIpc) is 2.72. The van der Waals surface area contributed by atoms with Crippen molar-refractivity contribution in [3.8, 4) is 0 Å². The minimum absolute atomic E-state index is 0.511. The van der Waals surface area contributed by atoms with Crippen molar-refractivity contribution in [1.29, 1.82) is 0 Å². The van der Waals surface area contributed by atoms with Crippen LogP contribution in [0.1, 0.15) is 26.1 Å². The van der Waals surface area contributed by atoms with E-state index in [1.807, 2.05) is 18.3 Å². The largest absolute Gasteiger partial charge is 0.330 e. The number of imidazole rings is 1. The van der Waals surface area contributed by atoms with Crippen LogP contribution in [0, 0.1) is 5.92 Å². The lowest BCUT2D eigenvalue weighted by molar-refractivity contribution is 0.493. The molecule has 0 aromatic carbocycles. The van der Waals surface area contributed by atoms with Gasteiger partial charge in [0.1, 0.15) is 11.3 Å². The Morgan fingerprint density at radius 3 is 2.88 bits per heavy atom. The van der Waals surface area contributed by atoms with Gasteiger partial charge in [0, 0.05) is 19.2 Å². The average molecular weight is 232 g/mol. The molecule has 2 N–H and O–H groups in total. The summed E-state index contributed by atoms with van der Waals surface area (Å²) in [4.78, 5) is 9.06. The van der Waals surface area contributed by atoms with Crippen LogP contribution in [-0.4, -0.2) is 21.1 Å². The van der Waals surface area contributed by atoms with E-state index in [4.69, 9.17) is 5.73 Å². The molecule has 0 saturated heterocycles. The van der Waals surface area contributed by atoms with Gasteiger partial charge in [-0.3, -0.25) is 0 Å². The summed E-state index contributed by atoms with van der Waals surface area (Å²) in [5.74, 6) is 1.62. The number of pyridine rings is 1. The minimum Gasteiger partial charge on any atom is -0.330 e. The van der Waals surface area contributed by atoms with Crippen LogP contribution in [0.2, 0.25) is 0 Å². The fourth-order valence-electron chi connectivity index (χ4n) is 2.15. The highest BCUT2D eigenvalue weighted by atomic mass is 15.1. The molecule has 0 aliphatic rings. The smallest absolute Gasteiger partial charge is 0.159 e. The van der Waals surface area contributed by atoms with Gasteiger partial charge in [-0.15, -0.1) is 0 Å². The number of aromatic nitrogens is 3. The highest BCUT2D eigenvalue weighted by Gasteiger charge is 2.13. The van der Waals surface area contributed by atoms with E-state index in [0.717, 1.165) is 42.9 Å². The molecule has 4 nitrogen and oxygen atoms in total. The van der Waals surface area contributed by atoms with Gasteiger partial charge in [0.25, 0.3) is 0 Å². The molecule has 1 unspecified atom stereocenters. The zero-order chi connectivity index (χ0) is 12.3. The number of nitrogens with zero attached hydrogens (tertiary/aromatic N) is 3. The van der Waals surface area contributed by atoms with Crippen LogP contribution in [0.5, 0.6) is 0 Å². The molecule has 2 aromatic rings. The maximum Gasteiger partial charge on any atom is 0.159 e. The van der Waals surface area contributed by atoms with Crippen molar-refractivity contribution < 1.29 is 0 Å². The van der Waals surface area contributed by atoms with Gasteiger partial charge in [0.05, 0.1) is 0 Å². The fraction of sp³-hybridized carbons (Fsp3) is 0.538. The third-order valence-corrected chi connectivity index (χ3v) is 3.28. The second-order valence-corrected chi connectivity index (χ2v) is 4.33. The van der Waals surface area contributed by atoms with Gasteiger partial charge < -0.3 is 10.3 Å². The maximum absolute atomic E-state index is 5.76. The van der Waals surface area contributed by atoms with Crippen molar-refractivity contribution in [3.63, 3.8) is 0 Å². The first-order valence-electron chi connectivity index (χ1n) is 6.30. The van der Waals surface area contributed by atoms with Crippen molar-refractivity contribution in [1.82, 2.24) is 14.5 Å². The molecule has 0 aliphatic heterocycles. The molecule has 0 amide bonds. The summed E-state index contributed by atoms with van der Waals surface area (Å²) in [5, 5.41) is 0.